The largest absolute Gasteiger partial charge is 0.507 e. The number of esters is 1. The monoisotopic (exact) mass is 520 g/mol. The highest BCUT2D eigenvalue weighted by atomic mass is 16.8. The van der Waals surface area contributed by atoms with Crippen LogP contribution in [-0.2, 0) is 15.1 Å². The Kier molecular flexibility index (Phi) is 4.60. The maximum Gasteiger partial charge on any atom is 0.361 e. The van der Waals surface area contributed by atoms with Crippen LogP contribution in [0.2, 0.25) is 0 Å². The quantitative estimate of drug-likeness (QED) is 0.233. The smallest absolute Gasteiger partial charge is 0.361 e. The summed E-state index contributed by atoms with van der Waals surface area (Å²) in [6.45, 7) is 2.87. The molecule has 2 heterocycles. The minimum atomic E-state index is -2.97. The number of ether oxygens (including phenoxy) is 3. The van der Waals surface area contributed by atoms with Crippen molar-refractivity contribution in [1.29, 1.82) is 0 Å². The summed E-state index contributed by atoms with van der Waals surface area (Å²) >= 11 is 0. The Labute approximate surface area is 213 Å². The van der Waals surface area contributed by atoms with Crippen molar-refractivity contribution in [2.24, 2.45) is 0 Å². The normalized spacial score (nSPS) is 25.4. The molecule has 0 fully saturated rings. The van der Waals surface area contributed by atoms with Gasteiger partial charge in [0, 0.05) is 16.7 Å². The van der Waals surface area contributed by atoms with Crippen molar-refractivity contribution in [2.45, 2.75) is 31.5 Å². The van der Waals surface area contributed by atoms with E-state index in [9.17, 15) is 39.9 Å². The Morgan fingerprint density at radius 2 is 1.71 bits per heavy atom. The van der Waals surface area contributed by atoms with E-state index >= 15 is 0 Å². The van der Waals surface area contributed by atoms with E-state index in [4.69, 9.17) is 14.2 Å². The van der Waals surface area contributed by atoms with Crippen molar-refractivity contribution in [1.82, 2.24) is 0 Å². The van der Waals surface area contributed by atoms with Crippen molar-refractivity contribution in [3.63, 3.8) is 0 Å². The van der Waals surface area contributed by atoms with Gasteiger partial charge >= 0.3 is 11.9 Å². The Morgan fingerprint density at radius 1 is 1.03 bits per heavy atom. The Morgan fingerprint density at radius 3 is 2.39 bits per heavy atom. The first kappa shape index (κ1) is 23.9. The average Bonchev–Trinajstić information content (AvgIpc) is 2.87. The molecule has 5 N–H and O–H groups in total. The van der Waals surface area contributed by atoms with Crippen LogP contribution < -0.4 is 4.74 Å². The molecule has 11 heteroatoms. The van der Waals surface area contributed by atoms with Gasteiger partial charge in [-0.2, -0.15) is 0 Å². The van der Waals surface area contributed by atoms with E-state index in [2.05, 4.69) is 0 Å². The van der Waals surface area contributed by atoms with Crippen LogP contribution in [0.15, 0.2) is 41.9 Å². The summed E-state index contributed by atoms with van der Waals surface area (Å²) in [5.41, 5.74) is -2.42. The predicted molar refractivity (Wildman–Crippen MR) is 127 cm³/mol. The van der Waals surface area contributed by atoms with E-state index in [1.165, 1.54) is 26.2 Å². The molecule has 3 aliphatic rings. The predicted octanol–water partition coefficient (Wildman–Crippen LogP) is 2.39. The van der Waals surface area contributed by atoms with Crippen molar-refractivity contribution in [3.8, 4) is 11.5 Å². The van der Waals surface area contributed by atoms with E-state index in [1.54, 1.807) is 19.1 Å². The third-order valence-electron chi connectivity index (χ3n) is 7.35. The Balaban J connectivity index is 1.66. The number of phenols is 1. The number of carbonyl (C=O) groups excluding carboxylic acids is 3. The molecule has 194 valence electrons. The SMILES string of the molecule is COC(=O)c1c(C)ccc2cc3c(cc12)C(=O)c1c(cc(O)c2c1OC1(O)OC2(C)C(O)=C(O)C1O)C3=O. The van der Waals surface area contributed by atoms with Gasteiger partial charge in [0.15, 0.2) is 28.7 Å². The second kappa shape index (κ2) is 7.32. The maximum atomic E-state index is 13.9. The average molecular weight is 520 g/mol. The first-order chi connectivity index (χ1) is 17.8. The Hall–Kier alpha value is -4.45. The lowest BCUT2D eigenvalue weighted by Gasteiger charge is -2.49. The summed E-state index contributed by atoms with van der Waals surface area (Å²) in [6, 6.07) is 7.23. The lowest BCUT2D eigenvalue weighted by Crippen LogP contribution is -2.62. The zero-order valence-corrected chi connectivity index (χ0v) is 20.1. The summed E-state index contributed by atoms with van der Waals surface area (Å²) < 4.78 is 15.7. The summed E-state index contributed by atoms with van der Waals surface area (Å²) in [5.74, 6) is -8.16. The number of rotatable bonds is 1. The number of hydrogen-bond acceptors (Lipinski definition) is 11. The lowest BCUT2D eigenvalue weighted by atomic mass is 9.77. The van der Waals surface area contributed by atoms with E-state index in [1.807, 2.05) is 0 Å². The van der Waals surface area contributed by atoms with Gasteiger partial charge in [0.05, 0.1) is 23.8 Å². The van der Waals surface area contributed by atoms with E-state index < -0.39 is 58.2 Å². The highest BCUT2D eigenvalue weighted by Crippen LogP contribution is 2.56. The molecule has 0 spiro atoms. The van der Waals surface area contributed by atoms with Gasteiger partial charge in [-0.15, -0.1) is 0 Å². The zero-order chi connectivity index (χ0) is 27.5. The van der Waals surface area contributed by atoms with Gasteiger partial charge in [-0.1, -0.05) is 12.1 Å². The molecule has 3 unspecified atom stereocenters. The van der Waals surface area contributed by atoms with E-state index in [0.717, 1.165) is 6.07 Å². The third kappa shape index (κ3) is 2.75. The number of carbonyl (C=O) groups is 3. The van der Waals surface area contributed by atoms with Gasteiger partial charge in [0.1, 0.15) is 11.5 Å². The number of hydrogen-bond donors (Lipinski definition) is 5. The van der Waals surface area contributed by atoms with Crippen molar-refractivity contribution >= 4 is 28.3 Å². The first-order valence-corrected chi connectivity index (χ1v) is 11.4. The fourth-order valence-electron chi connectivity index (χ4n) is 5.46. The molecular weight excluding hydrogens is 500 g/mol. The van der Waals surface area contributed by atoms with E-state index in [-0.39, 0.29) is 33.4 Å². The van der Waals surface area contributed by atoms with Crippen LogP contribution in [0.3, 0.4) is 0 Å². The van der Waals surface area contributed by atoms with Crippen LogP contribution in [0.1, 0.15) is 60.3 Å². The van der Waals surface area contributed by atoms with Gasteiger partial charge in [0.2, 0.25) is 6.10 Å². The van der Waals surface area contributed by atoms with Crippen molar-refractivity contribution < 1.29 is 54.1 Å². The van der Waals surface area contributed by atoms with E-state index in [0.29, 0.717) is 16.3 Å². The maximum absolute atomic E-state index is 13.9. The topological polar surface area (TPSA) is 180 Å². The lowest BCUT2D eigenvalue weighted by molar-refractivity contribution is -0.410. The second-order valence-electron chi connectivity index (χ2n) is 9.55. The molecule has 0 saturated heterocycles. The zero-order valence-electron chi connectivity index (χ0n) is 20.1. The molecule has 3 aromatic carbocycles. The minimum Gasteiger partial charge on any atom is -0.507 e. The van der Waals surface area contributed by atoms with Crippen LogP contribution >= 0.6 is 0 Å². The van der Waals surface area contributed by atoms with Crippen LogP contribution in [0.25, 0.3) is 10.8 Å². The summed E-state index contributed by atoms with van der Waals surface area (Å²) in [6.07, 6.45) is -2.28. The number of methoxy groups -OCH3 is 1. The molecule has 3 atom stereocenters. The standard InChI is InChI=1S/C27H20O11/c1-9-4-5-10-6-12-13(7-11(10)16(9)25(34)36-3)20(30)17-14(19(12)29)8-15(28)18-22(17)37-27(35)24(33)21(31)23(32)26(18,2)38-27/h4-8,24,28,31-33,35H,1-3H3. The Bertz CT molecular complexity index is 1700. The fraction of sp³-hybridized carbons (Fsp3) is 0.222. The van der Waals surface area contributed by atoms with Gasteiger partial charge < -0.3 is 35.0 Å². The fourth-order valence-corrected chi connectivity index (χ4v) is 5.46. The van der Waals surface area contributed by atoms with Crippen molar-refractivity contribution in [2.75, 3.05) is 7.11 Å². The van der Waals surface area contributed by atoms with Gasteiger partial charge in [-0.05, 0) is 48.4 Å². The molecule has 38 heavy (non-hydrogen) atoms. The number of aliphatic hydroxyl groups excluding tert-OH is 3. The number of fused-ring (bicyclic) bond motifs is 8. The molecule has 2 bridgehead atoms. The van der Waals surface area contributed by atoms with Crippen LogP contribution in [0.4, 0.5) is 0 Å². The number of aromatic hydroxyl groups is 1. The molecule has 0 amide bonds. The number of aryl methyl sites for hydroxylation is 1. The molecule has 1 aliphatic carbocycles. The molecule has 2 aliphatic heterocycles. The highest BCUT2D eigenvalue weighted by molar-refractivity contribution is 6.31. The first-order valence-electron chi connectivity index (χ1n) is 11.4. The molecule has 0 saturated carbocycles. The number of benzene rings is 3. The van der Waals surface area contributed by atoms with Gasteiger partial charge in [-0.3, -0.25) is 14.3 Å². The van der Waals surface area contributed by atoms with Crippen LogP contribution in [0.5, 0.6) is 11.5 Å². The molecule has 6 rings (SSSR count). The number of ketones is 2. The van der Waals surface area contributed by atoms with Gasteiger partial charge in [-0.25, -0.2) is 4.79 Å². The highest BCUT2D eigenvalue weighted by Gasteiger charge is 2.63. The summed E-state index contributed by atoms with van der Waals surface area (Å²) in [7, 11) is 1.22. The van der Waals surface area contributed by atoms with Crippen LogP contribution in [-0.4, -0.2) is 62.3 Å². The number of aliphatic hydroxyl groups is 4. The molecule has 3 aromatic rings. The molecular formula is C27H20O11. The summed E-state index contributed by atoms with van der Waals surface area (Å²) in [4.78, 5) is 40.1. The summed E-state index contributed by atoms with van der Waals surface area (Å²) in [5, 5.41) is 53.8. The molecule has 0 radical (unpaired) electrons. The minimum absolute atomic E-state index is 0.00613. The molecule has 11 nitrogen and oxygen atoms in total. The molecule has 0 aromatic heterocycles. The second-order valence-corrected chi connectivity index (χ2v) is 9.55. The van der Waals surface area contributed by atoms with Crippen molar-refractivity contribution in [3.05, 3.63) is 80.8 Å². The number of phenolic OH excluding ortho intramolecular Hbond substituents is 1. The van der Waals surface area contributed by atoms with Crippen LogP contribution in [0, 0.1) is 6.92 Å². The van der Waals surface area contributed by atoms with Gasteiger partial charge in [0.25, 0.3) is 0 Å². The third-order valence-corrected chi connectivity index (χ3v) is 7.35.